The van der Waals surface area contributed by atoms with Crippen molar-refractivity contribution in [1.82, 2.24) is 0 Å². The molecular formula is C18H28O3. The summed E-state index contributed by atoms with van der Waals surface area (Å²) in [5, 5.41) is 10.2. The molecular weight excluding hydrogens is 264 g/mol. The number of benzene rings is 1. The van der Waals surface area contributed by atoms with Crippen LogP contribution >= 0.6 is 0 Å². The zero-order valence-corrected chi connectivity index (χ0v) is 13.5. The molecule has 1 fully saturated rings. The van der Waals surface area contributed by atoms with Crippen molar-refractivity contribution < 1.29 is 14.6 Å². The van der Waals surface area contributed by atoms with Gasteiger partial charge < -0.3 is 14.6 Å². The minimum absolute atomic E-state index is 0.137. The van der Waals surface area contributed by atoms with Gasteiger partial charge in [0.1, 0.15) is 6.10 Å². The van der Waals surface area contributed by atoms with Gasteiger partial charge in [-0.3, -0.25) is 0 Å². The Hall–Kier alpha value is -0.900. The molecule has 2 rings (SSSR count). The Kier molecular flexibility index (Phi) is 5.80. The van der Waals surface area contributed by atoms with E-state index in [1.807, 2.05) is 12.1 Å². The molecule has 3 heteroatoms. The van der Waals surface area contributed by atoms with Crippen LogP contribution in [-0.4, -0.2) is 31.0 Å². The fourth-order valence-electron chi connectivity index (χ4n) is 2.55. The Balaban J connectivity index is 1.78. The Morgan fingerprint density at radius 3 is 2.52 bits per heavy atom. The summed E-state index contributed by atoms with van der Waals surface area (Å²) in [5.74, 6) is 0. The maximum Gasteiger partial charge on any atom is 0.102 e. The van der Waals surface area contributed by atoms with Gasteiger partial charge in [0.05, 0.1) is 19.3 Å². The number of aliphatic hydroxyl groups excluding tert-OH is 1. The molecule has 1 heterocycles. The lowest BCUT2D eigenvalue weighted by atomic mass is 9.86. The fourth-order valence-corrected chi connectivity index (χ4v) is 2.55. The fraction of sp³-hybridized carbons (Fsp3) is 0.667. The van der Waals surface area contributed by atoms with Crippen molar-refractivity contribution in [2.24, 2.45) is 0 Å². The van der Waals surface area contributed by atoms with E-state index in [0.717, 1.165) is 25.0 Å². The number of ether oxygens (including phenoxy) is 2. The van der Waals surface area contributed by atoms with Crippen LogP contribution in [0.15, 0.2) is 24.3 Å². The van der Waals surface area contributed by atoms with Crippen LogP contribution in [0.4, 0.5) is 0 Å². The normalized spacial score (nSPS) is 21.2. The van der Waals surface area contributed by atoms with Gasteiger partial charge in [0.15, 0.2) is 0 Å². The van der Waals surface area contributed by atoms with Crippen molar-refractivity contribution in [1.29, 1.82) is 0 Å². The quantitative estimate of drug-likeness (QED) is 0.901. The van der Waals surface area contributed by atoms with Gasteiger partial charge >= 0.3 is 0 Å². The van der Waals surface area contributed by atoms with Gasteiger partial charge in [0, 0.05) is 6.61 Å². The predicted octanol–water partition coefficient (Wildman–Crippen LogP) is 3.60. The molecule has 2 unspecified atom stereocenters. The molecule has 1 aromatic rings. The molecule has 1 saturated heterocycles. The zero-order valence-electron chi connectivity index (χ0n) is 13.5. The second-order valence-electron chi connectivity index (χ2n) is 6.91. The molecule has 0 amide bonds. The van der Waals surface area contributed by atoms with E-state index < -0.39 is 6.10 Å². The van der Waals surface area contributed by atoms with Crippen molar-refractivity contribution in [2.75, 3.05) is 19.8 Å². The first-order valence-electron chi connectivity index (χ1n) is 7.94. The van der Waals surface area contributed by atoms with E-state index in [4.69, 9.17) is 9.47 Å². The molecule has 1 aliphatic rings. The van der Waals surface area contributed by atoms with Gasteiger partial charge in [-0.2, -0.15) is 0 Å². The smallest absolute Gasteiger partial charge is 0.102 e. The third-order valence-corrected chi connectivity index (χ3v) is 4.01. The first-order valence-corrected chi connectivity index (χ1v) is 7.94. The van der Waals surface area contributed by atoms with Crippen LogP contribution in [0.5, 0.6) is 0 Å². The second kappa shape index (κ2) is 7.39. The van der Waals surface area contributed by atoms with Crippen molar-refractivity contribution in [2.45, 2.75) is 57.7 Å². The zero-order chi connectivity index (χ0) is 15.3. The molecule has 0 spiro atoms. The van der Waals surface area contributed by atoms with Gasteiger partial charge in [-0.15, -0.1) is 0 Å². The molecule has 118 valence electrons. The molecule has 0 bridgehead atoms. The summed E-state index contributed by atoms with van der Waals surface area (Å²) in [7, 11) is 0. The van der Waals surface area contributed by atoms with E-state index in [1.165, 1.54) is 12.0 Å². The molecule has 0 aliphatic carbocycles. The van der Waals surface area contributed by atoms with Gasteiger partial charge in [0.25, 0.3) is 0 Å². The topological polar surface area (TPSA) is 38.7 Å². The molecule has 1 aliphatic heterocycles. The minimum Gasteiger partial charge on any atom is -0.386 e. The van der Waals surface area contributed by atoms with Crippen LogP contribution in [0.2, 0.25) is 0 Å². The molecule has 0 saturated carbocycles. The number of hydrogen-bond acceptors (Lipinski definition) is 3. The second-order valence-corrected chi connectivity index (χ2v) is 6.91. The molecule has 0 aromatic heterocycles. The standard InChI is InChI=1S/C18H28O3/c1-18(2,3)15-9-7-14(8-10-15)17(19)13-20-12-16-6-4-5-11-21-16/h7-10,16-17,19H,4-6,11-13H2,1-3H3. The van der Waals surface area contributed by atoms with Crippen LogP contribution in [0.25, 0.3) is 0 Å². The summed E-state index contributed by atoms with van der Waals surface area (Å²) in [4.78, 5) is 0. The van der Waals surface area contributed by atoms with Gasteiger partial charge in [0.2, 0.25) is 0 Å². The maximum atomic E-state index is 10.2. The Morgan fingerprint density at radius 1 is 1.24 bits per heavy atom. The first-order chi connectivity index (χ1) is 9.97. The van der Waals surface area contributed by atoms with Crippen molar-refractivity contribution in [3.63, 3.8) is 0 Å². The molecule has 2 atom stereocenters. The molecule has 21 heavy (non-hydrogen) atoms. The van der Waals surface area contributed by atoms with Crippen LogP contribution in [-0.2, 0) is 14.9 Å². The molecule has 1 aromatic carbocycles. The van der Waals surface area contributed by atoms with E-state index in [9.17, 15) is 5.11 Å². The average Bonchev–Trinajstić information content (AvgIpc) is 2.47. The summed E-state index contributed by atoms with van der Waals surface area (Å²) < 4.78 is 11.2. The molecule has 0 radical (unpaired) electrons. The highest BCUT2D eigenvalue weighted by molar-refractivity contribution is 5.28. The van der Waals surface area contributed by atoms with Crippen molar-refractivity contribution >= 4 is 0 Å². The van der Waals surface area contributed by atoms with E-state index in [-0.39, 0.29) is 11.5 Å². The van der Waals surface area contributed by atoms with E-state index in [0.29, 0.717) is 13.2 Å². The summed E-state index contributed by atoms with van der Waals surface area (Å²) in [6, 6.07) is 8.16. The Morgan fingerprint density at radius 2 is 1.95 bits per heavy atom. The number of hydrogen-bond donors (Lipinski definition) is 1. The highest BCUT2D eigenvalue weighted by Crippen LogP contribution is 2.24. The van der Waals surface area contributed by atoms with Gasteiger partial charge in [-0.25, -0.2) is 0 Å². The SMILES string of the molecule is CC(C)(C)c1ccc(C(O)COCC2CCCCO2)cc1. The first kappa shape index (κ1) is 16.5. The van der Waals surface area contributed by atoms with Crippen LogP contribution in [0, 0.1) is 0 Å². The predicted molar refractivity (Wildman–Crippen MR) is 84.5 cm³/mol. The summed E-state index contributed by atoms with van der Waals surface area (Å²) in [6.45, 7) is 8.31. The molecule has 3 nitrogen and oxygen atoms in total. The van der Waals surface area contributed by atoms with E-state index >= 15 is 0 Å². The van der Waals surface area contributed by atoms with Crippen LogP contribution in [0.1, 0.15) is 57.3 Å². The Labute approximate surface area is 128 Å². The summed E-state index contributed by atoms with van der Waals surface area (Å²) in [5.41, 5.74) is 2.32. The van der Waals surface area contributed by atoms with Crippen LogP contribution < -0.4 is 0 Å². The van der Waals surface area contributed by atoms with Crippen molar-refractivity contribution in [3.05, 3.63) is 35.4 Å². The minimum atomic E-state index is -0.567. The number of rotatable bonds is 5. The number of aliphatic hydroxyl groups is 1. The van der Waals surface area contributed by atoms with Gasteiger partial charge in [-0.05, 0) is 35.8 Å². The van der Waals surface area contributed by atoms with Crippen LogP contribution in [0.3, 0.4) is 0 Å². The monoisotopic (exact) mass is 292 g/mol. The highest BCUT2D eigenvalue weighted by Gasteiger charge is 2.16. The third-order valence-electron chi connectivity index (χ3n) is 4.01. The third kappa shape index (κ3) is 5.10. The van der Waals surface area contributed by atoms with Crippen molar-refractivity contribution in [3.8, 4) is 0 Å². The summed E-state index contributed by atoms with van der Waals surface area (Å²) >= 11 is 0. The maximum absolute atomic E-state index is 10.2. The lowest BCUT2D eigenvalue weighted by Gasteiger charge is -2.23. The lowest BCUT2D eigenvalue weighted by Crippen LogP contribution is -2.25. The summed E-state index contributed by atoms with van der Waals surface area (Å²) in [6.07, 6.45) is 3.07. The molecule has 1 N–H and O–H groups in total. The lowest BCUT2D eigenvalue weighted by molar-refractivity contribution is -0.0574. The highest BCUT2D eigenvalue weighted by atomic mass is 16.5. The Bertz CT molecular complexity index is 413. The van der Waals surface area contributed by atoms with E-state index in [2.05, 4.69) is 32.9 Å². The van der Waals surface area contributed by atoms with Gasteiger partial charge in [-0.1, -0.05) is 45.0 Å². The average molecular weight is 292 g/mol. The largest absolute Gasteiger partial charge is 0.386 e. The van der Waals surface area contributed by atoms with E-state index in [1.54, 1.807) is 0 Å².